The number of hydrogen-bond donors (Lipinski definition) is 2. The monoisotopic (exact) mass is 516 g/mol. The highest BCUT2D eigenvalue weighted by atomic mass is 19.4. The molecule has 1 aromatic rings. The summed E-state index contributed by atoms with van der Waals surface area (Å²) in [5, 5.41) is 6.38. The fraction of sp³-hybridized carbons (Fsp3) is 0.500. The van der Waals surface area contributed by atoms with Gasteiger partial charge in [0.05, 0.1) is 29.9 Å². The maximum absolute atomic E-state index is 13.2. The van der Waals surface area contributed by atoms with E-state index in [1.165, 1.54) is 0 Å². The van der Waals surface area contributed by atoms with Gasteiger partial charge in [0, 0.05) is 18.5 Å². The van der Waals surface area contributed by atoms with E-state index in [-0.39, 0.29) is 36.1 Å². The normalized spacial score (nSPS) is 23.4. The fourth-order valence-electron chi connectivity index (χ4n) is 4.10. The van der Waals surface area contributed by atoms with Crippen LogP contribution in [0.2, 0.25) is 0 Å². The van der Waals surface area contributed by atoms with Gasteiger partial charge in [-0.3, -0.25) is 4.79 Å². The second kappa shape index (κ2) is 11.2. The molecule has 2 N–H and O–H groups in total. The van der Waals surface area contributed by atoms with Crippen molar-refractivity contribution in [3.05, 3.63) is 71.3 Å². The van der Waals surface area contributed by atoms with Crippen LogP contribution in [0.4, 0.5) is 26.3 Å². The van der Waals surface area contributed by atoms with Crippen LogP contribution in [0.3, 0.4) is 0 Å². The quantitative estimate of drug-likeness (QED) is 0.315. The molecule has 1 saturated carbocycles. The number of carbonyl (C=O) groups is 1. The predicted octanol–water partition coefficient (Wildman–Crippen LogP) is 5.95. The number of piperidine rings is 1. The van der Waals surface area contributed by atoms with Gasteiger partial charge in [-0.1, -0.05) is 30.9 Å². The van der Waals surface area contributed by atoms with Crippen LogP contribution in [0.1, 0.15) is 49.3 Å². The van der Waals surface area contributed by atoms with E-state index in [1.807, 2.05) is 19.1 Å². The Hall–Kier alpha value is -2.59. The van der Waals surface area contributed by atoms with Gasteiger partial charge in [0.25, 0.3) is 0 Å². The first-order valence-electron chi connectivity index (χ1n) is 11.7. The Morgan fingerprint density at radius 1 is 1.11 bits per heavy atom. The largest absolute Gasteiger partial charge is 0.416 e. The van der Waals surface area contributed by atoms with Crippen molar-refractivity contribution in [3.63, 3.8) is 0 Å². The molecule has 0 unspecified atom stereocenters. The minimum absolute atomic E-state index is 0.0209. The highest BCUT2D eigenvalue weighted by Gasteiger charge is 2.40. The zero-order valence-electron chi connectivity index (χ0n) is 19.9. The minimum Gasteiger partial charge on any atom is -0.374 e. The molecular weight excluding hydrogens is 486 g/mol. The van der Waals surface area contributed by atoms with Crippen LogP contribution in [0.5, 0.6) is 0 Å². The second-order valence-corrected chi connectivity index (χ2v) is 9.30. The van der Waals surface area contributed by atoms with Crippen LogP contribution in [-0.4, -0.2) is 30.6 Å². The number of halogens is 6. The molecule has 1 amide bonds. The summed E-state index contributed by atoms with van der Waals surface area (Å²) in [7, 11) is 0. The van der Waals surface area contributed by atoms with Gasteiger partial charge in [0.2, 0.25) is 5.91 Å². The Labute approximate surface area is 206 Å². The van der Waals surface area contributed by atoms with Crippen molar-refractivity contribution in [2.45, 2.75) is 63.1 Å². The lowest BCUT2D eigenvalue weighted by Gasteiger charge is -2.42. The lowest BCUT2D eigenvalue weighted by molar-refractivity contribution is -0.143. The van der Waals surface area contributed by atoms with Gasteiger partial charge in [-0.15, -0.1) is 0 Å². The van der Waals surface area contributed by atoms with Gasteiger partial charge in [0.15, 0.2) is 0 Å². The van der Waals surface area contributed by atoms with Crippen molar-refractivity contribution in [1.82, 2.24) is 10.6 Å². The molecule has 1 aliphatic carbocycles. The molecule has 2 aliphatic rings. The van der Waals surface area contributed by atoms with E-state index in [0.29, 0.717) is 37.1 Å². The highest BCUT2D eigenvalue weighted by molar-refractivity contribution is 5.81. The number of hydrogen-bond acceptors (Lipinski definition) is 3. The molecule has 2 fully saturated rings. The zero-order valence-corrected chi connectivity index (χ0v) is 19.9. The highest BCUT2D eigenvalue weighted by Crippen LogP contribution is 2.37. The summed E-state index contributed by atoms with van der Waals surface area (Å²) in [6.07, 6.45) is 0.274. The number of ether oxygens (including phenoxy) is 1. The van der Waals surface area contributed by atoms with Gasteiger partial charge in [0.1, 0.15) is 0 Å². The third-order valence-corrected chi connectivity index (χ3v) is 6.38. The number of allylic oxidation sites excluding steroid dienone is 3. The van der Waals surface area contributed by atoms with Gasteiger partial charge in [-0.25, -0.2) is 0 Å². The number of benzene rings is 1. The van der Waals surface area contributed by atoms with E-state index in [2.05, 4.69) is 17.2 Å². The van der Waals surface area contributed by atoms with Crippen molar-refractivity contribution in [2.75, 3.05) is 13.2 Å². The van der Waals surface area contributed by atoms with E-state index in [0.717, 1.165) is 12.8 Å². The third-order valence-electron chi connectivity index (χ3n) is 6.38. The van der Waals surface area contributed by atoms with Crippen molar-refractivity contribution in [2.24, 2.45) is 5.92 Å². The van der Waals surface area contributed by atoms with Crippen molar-refractivity contribution < 1.29 is 35.9 Å². The van der Waals surface area contributed by atoms with Gasteiger partial charge >= 0.3 is 12.4 Å². The Balaban J connectivity index is 1.72. The molecule has 0 aromatic heterocycles. The molecule has 1 heterocycles. The lowest BCUT2D eigenvalue weighted by Crippen LogP contribution is -2.59. The summed E-state index contributed by atoms with van der Waals surface area (Å²) in [5.74, 6) is 0.107. The molecule has 1 aromatic carbocycles. The first kappa shape index (κ1) is 28.0. The maximum Gasteiger partial charge on any atom is 0.416 e. The van der Waals surface area contributed by atoms with E-state index < -0.39 is 35.6 Å². The van der Waals surface area contributed by atoms with Crippen LogP contribution < -0.4 is 10.6 Å². The number of nitrogens with one attached hydrogen (secondary N) is 2. The smallest absolute Gasteiger partial charge is 0.374 e. The Bertz CT molecular complexity index is 968. The first-order chi connectivity index (χ1) is 16.8. The number of rotatable bonds is 9. The summed E-state index contributed by atoms with van der Waals surface area (Å²) in [6.45, 7) is 5.94. The summed E-state index contributed by atoms with van der Waals surface area (Å²) >= 11 is 0. The predicted molar refractivity (Wildman–Crippen MR) is 124 cm³/mol. The Kier molecular flexibility index (Phi) is 8.71. The second-order valence-electron chi connectivity index (χ2n) is 9.30. The third kappa shape index (κ3) is 7.46. The van der Waals surface area contributed by atoms with E-state index in [4.69, 9.17) is 4.74 Å². The molecule has 0 radical (unpaired) electrons. The number of amides is 1. The maximum atomic E-state index is 13.2. The van der Waals surface area contributed by atoms with Crippen molar-refractivity contribution in [1.29, 1.82) is 0 Å². The molecule has 1 aliphatic heterocycles. The van der Waals surface area contributed by atoms with Crippen molar-refractivity contribution >= 4 is 5.91 Å². The van der Waals surface area contributed by atoms with E-state index >= 15 is 0 Å². The van der Waals surface area contributed by atoms with Gasteiger partial charge in [-0.2, -0.15) is 26.3 Å². The standard InChI is InChI=1S/C26H30F6N2O2/c1-3-4-5-6-17(2)24(10-9-22(14-33-24)34-23(35)19-7-8-19)16-36-15-18-11-20(25(27,28)29)13-21(12-18)26(30,31)32/h3-6,11-13,19,22,33H,2,7-10,14-16H2,1H3,(H,34,35)/b4-3-,6-5-/t22-,24+/m0/s1. The topological polar surface area (TPSA) is 50.4 Å². The average molecular weight is 517 g/mol. The van der Waals surface area contributed by atoms with Crippen LogP contribution in [0.25, 0.3) is 0 Å². The average Bonchev–Trinajstić information content (AvgIpc) is 3.65. The number of alkyl halides is 6. The molecule has 36 heavy (non-hydrogen) atoms. The number of carbonyl (C=O) groups excluding carboxylic acids is 1. The molecule has 2 atom stereocenters. The summed E-state index contributed by atoms with van der Waals surface area (Å²) in [5.41, 5.74) is -3.11. The fourth-order valence-corrected chi connectivity index (χ4v) is 4.10. The molecule has 10 heteroatoms. The summed E-state index contributed by atoms with van der Waals surface area (Å²) in [4.78, 5) is 12.1. The van der Waals surface area contributed by atoms with Crippen LogP contribution in [0, 0.1) is 5.92 Å². The summed E-state index contributed by atoms with van der Waals surface area (Å²) < 4.78 is 84.7. The van der Waals surface area contributed by atoms with Gasteiger partial charge < -0.3 is 15.4 Å². The molecule has 0 bridgehead atoms. The first-order valence-corrected chi connectivity index (χ1v) is 11.7. The molecule has 1 saturated heterocycles. The minimum atomic E-state index is -4.92. The summed E-state index contributed by atoms with van der Waals surface area (Å²) in [6, 6.07) is 1.34. The lowest BCUT2D eigenvalue weighted by atomic mass is 9.81. The van der Waals surface area contributed by atoms with E-state index in [9.17, 15) is 31.1 Å². The zero-order chi connectivity index (χ0) is 26.6. The SMILES string of the molecule is C=C(/C=C\C=C/C)[C@]1(COCc2cc(C(F)(F)F)cc(C(F)(F)F)c2)CC[C@H](NC(=O)C2CC2)CN1. The molecule has 3 rings (SSSR count). The Morgan fingerprint density at radius 2 is 1.75 bits per heavy atom. The molecule has 4 nitrogen and oxygen atoms in total. The molecule has 0 spiro atoms. The van der Waals surface area contributed by atoms with E-state index in [1.54, 1.807) is 12.2 Å². The van der Waals surface area contributed by atoms with Crippen LogP contribution in [-0.2, 0) is 28.5 Å². The molecular formula is C26H30F6N2O2. The van der Waals surface area contributed by atoms with Crippen LogP contribution >= 0.6 is 0 Å². The van der Waals surface area contributed by atoms with Gasteiger partial charge in [-0.05, 0) is 61.9 Å². The van der Waals surface area contributed by atoms with Crippen molar-refractivity contribution in [3.8, 4) is 0 Å². The molecule has 198 valence electrons. The van der Waals surface area contributed by atoms with Crippen LogP contribution in [0.15, 0.2) is 54.7 Å². The Morgan fingerprint density at radius 3 is 2.25 bits per heavy atom.